The summed E-state index contributed by atoms with van der Waals surface area (Å²) in [5, 5.41) is 3.85. The van der Waals surface area contributed by atoms with Crippen LogP contribution >= 0.6 is 0 Å². The van der Waals surface area contributed by atoms with E-state index in [0.717, 1.165) is 25.6 Å². The number of hydrogen-bond acceptors (Lipinski definition) is 3. The van der Waals surface area contributed by atoms with E-state index in [1.807, 2.05) is 0 Å². The third-order valence-corrected chi connectivity index (χ3v) is 4.49. The average Bonchev–Trinajstić information content (AvgIpc) is 3.11. The van der Waals surface area contributed by atoms with Gasteiger partial charge in [0.15, 0.2) is 0 Å². The molecule has 4 atom stereocenters. The van der Waals surface area contributed by atoms with Crippen molar-refractivity contribution in [2.75, 3.05) is 13.2 Å². The molecule has 0 aromatic rings. The fourth-order valence-electron chi connectivity index (χ4n) is 3.30. The largest absolute Gasteiger partial charge is 0.378 e. The molecule has 3 aliphatic rings. The van der Waals surface area contributed by atoms with Gasteiger partial charge >= 0.3 is 0 Å². The molecule has 3 nitrogen and oxygen atoms in total. The van der Waals surface area contributed by atoms with Gasteiger partial charge in [0.25, 0.3) is 0 Å². The standard InChI is InChI=1S/C14H25NO2/c1-2-12-9-11(5-7-16-12)15-13-6-8-17-14(13)10-3-4-10/h10-15H,2-9H2,1H3. The maximum Gasteiger partial charge on any atom is 0.0757 e. The highest BCUT2D eigenvalue weighted by Gasteiger charge is 2.41. The molecular weight excluding hydrogens is 214 g/mol. The van der Waals surface area contributed by atoms with Crippen LogP contribution in [0.2, 0.25) is 0 Å². The third kappa shape index (κ3) is 2.83. The normalized spacial score (nSPS) is 42.9. The van der Waals surface area contributed by atoms with E-state index >= 15 is 0 Å². The van der Waals surface area contributed by atoms with Crippen LogP contribution in [0, 0.1) is 5.92 Å². The molecule has 4 unspecified atom stereocenters. The van der Waals surface area contributed by atoms with Gasteiger partial charge in [-0.3, -0.25) is 0 Å². The summed E-state index contributed by atoms with van der Waals surface area (Å²) in [5.41, 5.74) is 0. The Morgan fingerprint density at radius 3 is 2.65 bits per heavy atom. The van der Waals surface area contributed by atoms with Crippen molar-refractivity contribution >= 4 is 0 Å². The van der Waals surface area contributed by atoms with E-state index in [-0.39, 0.29) is 0 Å². The van der Waals surface area contributed by atoms with E-state index < -0.39 is 0 Å². The van der Waals surface area contributed by atoms with Gasteiger partial charge in [-0.15, -0.1) is 0 Å². The number of ether oxygens (including phenoxy) is 2. The smallest absolute Gasteiger partial charge is 0.0757 e. The Hall–Kier alpha value is -0.120. The van der Waals surface area contributed by atoms with Crippen molar-refractivity contribution in [2.24, 2.45) is 5.92 Å². The second-order valence-electron chi connectivity index (χ2n) is 5.86. The van der Waals surface area contributed by atoms with Crippen molar-refractivity contribution in [1.29, 1.82) is 0 Å². The van der Waals surface area contributed by atoms with Gasteiger partial charge in [0.2, 0.25) is 0 Å². The summed E-state index contributed by atoms with van der Waals surface area (Å²) in [7, 11) is 0. The van der Waals surface area contributed by atoms with Crippen LogP contribution in [0.5, 0.6) is 0 Å². The molecule has 0 aromatic heterocycles. The number of nitrogens with one attached hydrogen (secondary N) is 1. The molecule has 17 heavy (non-hydrogen) atoms. The zero-order chi connectivity index (χ0) is 11.7. The molecule has 0 radical (unpaired) electrons. The van der Waals surface area contributed by atoms with Gasteiger partial charge < -0.3 is 14.8 Å². The Morgan fingerprint density at radius 2 is 1.88 bits per heavy atom. The topological polar surface area (TPSA) is 30.5 Å². The highest BCUT2D eigenvalue weighted by atomic mass is 16.5. The van der Waals surface area contributed by atoms with Crippen molar-refractivity contribution in [3.05, 3.63) is 0 Å². The number of rotatable bonds is 4. The Kier molecular flexibility index (Phi) is 3.69. The Bertz CT molecular complexity index is 255. The van der Waals surface area contributed by atoms with Crippen LogP contribution in [0.15, 0.2) is 0 Å². The average molecular weight is 239 g/mol. The van der Waals surface area contributed by atoms with E-state index in [9.17, 15) is 0 Å². The molecule has 0 spiro atoms. The molecule has 0 amide bonds. The van der Waals surface area contributed by atoms with E-state index in [0.29, 0.717) is 24.3 Å². The van der Waals surface area contributed by atoms with Gasteiger partial charge in [-0.1, -0.05) is 6.92 Å². The lowest BCUT2D eigenvalue weighted by Gasteiger charge is -2.33. The third-order valence-electron chi connectivity index (χ3n) is 4.49. The van der Waals surface area contributed by atoms with Crippen molar-refractivity contribution in [2.45, 2.75) is 69.7 Å². The minimum atomic E-state index is 0.475. The molecule has 1 aliphatic carbocycles. The first-order chi connectivity index (χ1) is 8.36. The van der Waals surface area contributed by atoms with E-state index in [1.165, 1.54) is 32.1 Å². The lowest BCUT2D eigenvalue weighted by atomic mass is 9.98. The van der Waals surface area contributed by atoms with Crippen LogP contribution in [0.4, 0.5) is 0 Å². The van der Waals surface area contributed by atoms with Crippen molar-refractivity contribution in [3.63, 3.8) is 0 Å². The molecule has 0 bridgehead atoms. The predicted octanol–water partition coefficient (Wildman–Crippen LogP) is 2.10. The summed E-state index contributed by atoms with van der Waals surface area (Å²) in [6.45, 7) is 4.11. The molecule has 2 heterocycles. The minimum Gasteiger partial charge on any atom is -0.378 e. The second-order valence-corrected chi connectivity index (χ2v) is 5.86. The minimum absolute atomic E-state index is 0.475. The van der Waals surface area contributed by atoms with Crippen molar-refractivity contribution in [1.82, 2.24) is 5.32 Å². The molecule has 98 valence electrons. The first-order valence-corrected chi connectivity index (χ1v) is 7.36. The van der Waals surface area contributed by atoms with Crippen LogP contribution in [-0.2, 0) is 9.47 Å². The van der Waals surface area contributed by atoms with Gasteiger partial charge in [-0.25, -0.2) is 0 Å². The highest BCUT2D eigenvalue weighted by molar-refractivity contribution is 4.95. The molecular formula is C14H25NO2. The maximum atomic E-state index is 5.89. The highest BCUT2D eigenvalue weighted by Crippen LogP contribution is 2.39. The predicted molar refractivity (Wildman–Crippen MR) is 67.1 cm³/mol. The van der Waals surface area contributed by atoms with Gasteiger partial charge in [0.05, 0.1) is 12.2 Å². The quantitative estimate of drug-likeness (QED) is 0.815. The van der Waals surface area contributed by atoms with Crippen molar-refractivity contribution < 1.29 is 9.47 Å². The Balaban J connectivity index is 1.51. The molecule has 3 heteroatoms. The maximum absolute atomic E-state index is 5.89. The summed E-state index contributed by atoms with van der Waals surface area (Å²) in [4.78, 5) is 0. The van der Waals surface area contributed by atoms with Gasteiger partial charge in [-0.05, 0) is 44.4 Å². The zero-order valence-electron chi connectivity index (χ0n) is 10.9. The van der Waals surface area contributed by atoms with Crippen LogP contribution in [-0.4, -0.2) is 37.5 Å². The van der Waals surface area contributed by atoms with Gasteiger partial charge in [0, 0.05) is 25.3 Å². The summed E-state index contributed by atoms with van der Waals surface area (Å²) < 4.78 is 11.6. The molecule has 2 aliphatic heterocycles. The van der Waals surface area contributed by atoms with Crippen LogP contribution in [0.3, 0.4) is 0 Å². The fourth-order valence-corrected chi connectivity index (χ4v) is 3.30. The van der Waals surface area contributed by atoms with E-state index in [4.69, 9.17) is 9.47 Å². The molecule has 1 saturated carbocycles. The zero-order valence-corrected chi connectivity index (χ0v) is 10.9. The summed E-state index contributed by atoms with van der Waals surface area (Å²) in [6.07, 6.45) is 8.46. The SMILES string of the molecule is CCC1CC(NC2CCOC2C2CC2)CCO1. The lowest BCUT2D eigenvalue weighted by molar-refractivity contribution is -0.00518. The molecule has 3 fully saturated rings. The molecule has 2 saturated heterocycles. The molecule has 1 N–H and O–H groups in total. The van der Waals surface area contributed by atoms with Crippen LogP contribution in [0.1, 0.15) is 45.4 Å². The summed E-state index contributed by atoms with van der Waals surface area (Å²) in [6, 6.07) is 1.27. The van der Waals surface area contributed by atoms with E-state index in [2.05, 4.69) is 12.2 Å². The Labute approximate surface area is 104 Å². The monoisotopic (exact) mass is 239 g/mol. The molecule has 3 rings (SSSR count). The second kappa shape index (κ2) is 5.25. The lowest BCUT2D eigenvalue weighted by Crippen LogP contribution is -2.47. The Morgan fingerprint density at radius 1 is 1.06 bits per heavy atom. The first-order valence-electron chi connectivity index (χ1n) is 7.36. The fraction of sp³-hybridized carbons (Fsp3) is 1.00. The first kappa shape index (κ1) is 11.9. The number of hydrogen-bond donors (Lipinski definition) is 1. The van der Waals surface area contributed by atoms with Gasteiger partial charge in [-0.2, -0.15) is 0 Å². The summed E-state index contributed by atoms with van der Waals surface area (Å²) in [5.74, 6) is 0.858. The summed E-state index contributed by atoms with van der Waals surface area (Å²) >= 11 is 0. The van der Waals surface area contributed by atoms with Crippen LogP contribution < -0.4 is 5.32 Å². The van der Waals surface area contributed by atoms with Gasteiger partial charge in [0.1, 0.15) is 0 Å². The van der Waals surface area contributed by atoms with Crippen molar-refractivity contribution in [3.8, 4) is 0 Å². The van der Waals surface area contributed by atoms with Crippen LogP contribution in [0.25, 0.3) is 0 Å². The van der Waals surface area contributed by atoms with E-state index in [1.54, 1.807) is 0 Å². The molecule has 0 aromatic carbocycles.